The van der Waals surface area contributed by atoms with E-state index >= 15 is 4.39 Å². The van der Waals surface area contributed by atoms with Crippen LogP contribution in [-0.4, -0.2) is 53.0 Å². The van der Waals surface area contributed by atoms with Crippen LogP contribution in [0.4, 0.5) is 4.39 Å². The van der Waals surface area contributed by atoms with Gasteiger partial charge in [-0.25, -0.2) is 4.39 Å². The van der Waals surface area contributed by atoms with Crippen molar-refractivity contribution >= 4 is 11.8 Å². The van der Waals surface area contributed by atoms with Crippen LogP contribution in [0.15, 0.2) is 72.8 Å². The summed E-state index contributed by atoms with van der Waals surface area (Å²) in [5.74, 6) is -1.21. The topological polar surface area (TPSA) is 78.9 Å². The fourth-order valence-corrected chi connectivity index (χ4v) is 5.73. The Hall–Kier alpha value is -3.55. The Kier molecular flexibility index (Phi) is 6.72. The van der Waals surface area contributed by atoms with Crippen molar-refractivity contribution in [1.82, 2.24) is 10.2 Å². The molecule has 3 aliphatic rings. The van der Waals surface area contributed by atoms with E-state index in [0.29, 0.717) is 31.7 Å². The molecule has 2 N–H and O–H groups in total. The summed E-state index contributed by atoms with van der Waals surface area (Å²) in [5.41, 5.74) is 3.33. The average Bonchev–Trinajstić information content (AvgIpc) is 3.62. The van der Waals surface area contributed by atoms with E-state index in [-0.39, 0.29) is 29.4 Å². The summed E-state index contributed by atoms with van der Waals surface area (Å²) in [7, 11) is 0. The zero-order chi connectivity index (χ0) is 26.2. The Morgan fingerprint density at radius 2 is 1.50 bits per heavy atom. The SMILES string of the molecule is O=C(O)C1CCC(C(=O)c2cc(C3CC3)c(OC3CN(C(c4ccccc4)c4ccccc4)C3)cc2F)N1. The monoisotopic (exact) mass is 514 g/mol. The van der Waals surface area contributed by atoms with Crippen molar-refractivity contribution in [2.24, 2.45) is 0 Å². The van der Waals surface area contributed by atoms with Crippen molar-refractivity contribution in [2.45, 2.75) is 55.8 Å². The Bertz CT molecular complexity index is 1280. The molecule has 0 spiro atoms. The van der Waals surface area contributed by atoms with Crippen LogP contribution in [0.3, 0.4) is 0 Å². The number of hydrogen-bond acceptors (Lipinski definition) is 5. The fraction of sp³-hybridized carbons (Fsp3) is 0.355. The van der Waals surface area contributed by atoms with E-state index in [0.717, 1.165) is 18.4 Å². The summed E-state index contributed by atoms with van der Waals surface area (Å²) >= 11 is 0. The summed E-state index contributed by atoms with van der Waals surface area (Å²) in [6.07, 6.45) is 2.64. The van der Waals surface area contributed by atoms with Crippen LogP contribution in [0.2, 0.25) is 0 Å². The minimum Gasteiger partial charge on any atom is -0.487 e. The van der Waals surface area contributed by atoms with Gasteiger partial charge in [0.1, 0.15) is 23.7 Å². The molecule has 6 rings (SSSR count). The number of likely N-dealkylation sites (tertiary alicyclic amines) is 1. The van der Waals surface area contributed by atoms with Crippen molar-refractivity contribution in [3.05, 3.63) is 101 Å². The number of carboxylic acids is 1. The van der Waals surface area contributed by atoms with Crippen molar-refractivity contribution in [3.8, 4) is 5.75 Å². The van der Waals surface area contributed by atoms with Gasteiger partial charge in [-0.3, -0.25) is 19.8 Å². The number of ether oxygens (including phenoxy) is 1. The number of nitrogens with zero attached hydrogens (tertiary/aromatic N) is 1. The number of nitrogens with one attached hydrogen (secondary N) is 1. The molecule has 2 unspecified atom stereocenters. The molecule has 7 heteroatoms. The van der Waals surface area contributed by atoms with Gasteiger partial charge in [0, 0.05) is 19.2 Å². The molecule has 2 aliphatic heterocycles. The van der Waals surface area contributed by atoms with Crippen molar-refractivity contribution in [2.75, 3.05) is 13.1 Å². The molecule has 3 aromatic rings. The first kappa shape index (κ1) is 24.8. The first-order valence-corrected chi connectivity index (χ1v) is 13.3. The van der Waals surface area contributed by atoms with Crippen molar-refractivity contribution in [3.63, 3.8) is 0 Å². The summed E-state index contributed by atoms with van der Waals surface area (Å²) < 4.78 is 21.6. The maximum Gasteiger partial charge on any atom is 0.320 e. The molecule has 2 atom stereocenters. The predicted octanol–water partition coefficient (Wildman–Crippen LogP) is 4.94. The van der Waals surface area contributed by atoms with Gasteiger partial charge in [0.05, 0.1) is 17.6 Å². The second kappa shape index (κ2) is 10.3. The normalized spacial score (nSPS) is 21.8. The van der Waals surface area contributed by atoms with Crippen LogP contribution < -0.4 is 10.1 Å². The van der Waals surface area contributed by atoms with Crippen LogP contribution >= 0.6 is 0 Å². The molecule has 0 amide bonds. The molecule has 3 aromatic carbocycles. The molecule has 1 aliphatic carbocycles. The number of hydrogen-bond donors (Lipinski definition) is 2. The zero-order valence-electron chi connectivity index (χ0n) is 21.1. The highest BCUT2D eigenvalue weighted by Gasteiger charge is 2.39. The number of ketones is 1. The lowest BCUT2D eigenvalue weighted by molar-refractivity contribution is -0.139. The third-order valence-electron chi connectivity index (χ3n) is 7.91. The summed E-state index contributed by atoms with van der Waals surface area (Å²) in [4.78, 5) is 26.7. The second-order valence-corrected chi connectivity index (χ2v) is 10.6. The largest absolute Gasteiger partial charge is 0.487 e. The number of carbonyl (C=O) groups is 2. The Balaban J connectivity index is 1.18. The van der Waals surface area contributed by atoms with Crippen molar-refractivity contribution < 1.29 is 23.8 Å². The third-order valence-corrected chi connectivity index (χ3v) is 7.91. The number of carboxylic acid groups (broad SMARTS) is 1. The van der Waals surface area contributed by atoms with E-state index in [1.54, 1.807) is 6.07 Å². The molecular weight excluding hydrogens is 483 g/mol. The highest BCUT2D eigenvalue weighted by atomic mass is 19.1. The number of Topliss-reactive ketones (excluding diaryl/α,β-unsaturated/α-hetero) is 1. The van der Waals surface area contributed by atoms with Gasteiger partial charge in [0.2, 0.25) is 0 Å². The molecule has 6 nitrogen and oxygen atoms in total. The lowest BCUT2D eigenvalue weighted by atomic mass is 9.93. The van der Waals surface area contributed by atoms with Gasteiger partial charge in [0.15, 0.2) is 5.78 Å². The van der Waals surface area contributed by atoms with Crippen molar-refractivity contribution in [1.29, 1.82) is 0 Å². The fourth-order valence-electron chi connectivity index (χ4n) is 5.73. The number of benzene rings is 3. The van der Waals surface area contributed by atoms with Gasteiger partial charge in [-0.15, -0.1) is 0 Å². The number of carbonyl (C=O) groups excluding carboxylic acids is 1. The van der Waals surface area contributed by atoms with E-state index in [9.17, 15) is 14.7 Å². The second-order valence-electron chi connectivity index (χ2n) is 10.6. The van der Waals surface area contributed by atoms with Crippen LogP contribution in [-0.2, 0) is 4.79 Å². The maximum atomic E-state index is 15.2. The van der Waals surface area contributed by atoms with Gasteiger partial charge < -0.3 is 9.84 Å². The lowest BCUT2D eigenvalue weighted by Crippen LogP contribution is -2.55. The average molecular weight is 515 g/mol. The molecular formula is C31H31FN2O4. The van der Waals surface area contributed by atoms with E-state index in [4.69, 9.17) is 4.74 Å². The van der Waals surface area contributed by atoms with Crippen LogP contribution in [0.25, 0.3) is 0 Å². The minimum atomic E-state index is -0.987. The number of aliphatic carboxylic acids is 1. The maximum absolute atomic E-state index is 15.2. The van der Waals surface area contributed by atoms with Crippen LogP contribution in [0.5, 0.6) is 5.75 Å². The molecule has 2 heterocycles. The Morgan fingerprint density at radius 3 is 2.05 bits per heavy atom. The quantitative estimate of drug-likeness (QED) is 0.394. The predicted molar refractivity (Wildman–Crippen MR) is 141 cm³/mol. The van der Waals surface area contributed by atoms with Crippen LogP contribution in [0.1, 0.15) is 64.7 Å². The highest BCUT2D eigenvalue weighted by Crippen LogP contribution is 2.46. The standard InChI is InChI=1S/C31H31FN2O4/c32-25-16-28(23(19-11-12-19)15-24(25)30(35)26-13-14-27(33-26)31(36)37)38-22-17-34(18-22)29(20-7-3-1-4-8-20)21-9-5-2-6-10-21/h1-10,15-16,19,22,26-27,29,33H,11-14,17-18H2,(H,36,37). The number of halogens is 1. The third kappa shape index (κ3) is 4.96. The Morgan fingerprint density at radius 1 is 0.895 bits per heavy atom. The molecule has 0 bridgehead atoms. The molecule has 38 heavy (non-hydrogen) atoms. The van der Waals surface area contributed by atoms with E-state index in [1.165, 1.54) is 17.2 Å². The van der Waals surface area contributed by atoms with E-state index < -0.39 is 23.9 Å². The zero-order valence-corrected chi connectivity index (χ0v) is 21.1. The first-order chi connectivity index (χ1) is 18.5. The highest BCUT2D eigenvalue weighted by molar-refractivity contribution is 6.01. The van der Waals surface area contributed by atoms with Gasteiger partial charge in [-0.05, 0) is 54.4 Å². The molecule has 196 valence electrons. The molecule has 1 saturated carbocycles. The lowest BCUT2D eigenvalue weighted by Gasteiger charge is -2.44. The van der Waals surface area contributed by atoms with E-state index in [1.807, 2.05) is 12.1 Å². The van der Waals surface area contributed by atoms with Gasteiger partial charge in [-0.1, -0.05) is 60.7 Å². The Labute approximate surface area is 221 Å². The molecule has 3 fully saturated rings. The van der Waals surface area contributed by atoms with Crippen LogP contribution in [0, 0.1) is 5.82 Å². The summed E-state index contributed by atoms with van der Waals surface area (Å²) in [6, 6.07) is 22.5. The smallest absolute Gasteiger partial charge is 0.320 e. The summed E-state index contributed by atoms with van der Waals surface area (Å²) in [6.45, 7) is 1.42. The molecule has 2 saturated heterocycles. The van der Waals surface area contributed by atoms with Gasteiger partial charge >= 0.3 is 5.97 Å². The first-order valence-electron chi connectivity index (χ1n) is 13.3. The minimum absolute atomic E-state index is 0.0197. The molecule has 0 aromatic heterocycles. The van der Waals surface area contributed by atoms with E-state index in [2.05, 4.69) is 58.7 Å². The van der Waals surface area contributed by atoms with Gasteiger partial charge in [-0.2, -0.15) is 0 Å². The van der Waals surface area contributed by atoms with Gasteiger partial charge in [0.25, 0.3) is 0 Å². The number of rotatable bonds is 9. The molecule has 0 radical (unpaired) electrons. The summed E-state index contributed by atoms with van der Waals surface area (Å²) in [5, 5.41) is 12.1.